The van der Waals surface area contributed by atoms with E-state index in [1.807, 2.05) is 6.07 Å². The van der Waals surface area contributed by atoms with Crippen LogP contribution in [0.1, 0.15) is 27.9 Å². The van der Waals surface area contributed by atoms with E-state index >= 15 is 0 Å². The normalized spacial score (nSPS) is 16.8. The second kappa shape index (κ2) is 9.19. The van der Waals surface area contributed by atoms with Crippen LogP contribution in [-0.2, 0) is 13.1 Å². The summed E-state index contributed by atoms with van der Waals surface area (Å²) in [6, 6.07) is 16.7. The van der Waals surface area contributed by atoms with Crippen LogP contribution in [0, 0.1) is 5.92 Å². The molecule has 0 saturated carbocycles. The average molecular weight is 367 g/mol. The van der Waals surface area contributed by atoms with E-state index in [1.165, 1.54) is 17.7 Å². The van der Waals surface area contributed by atoms with E-state index in [-0.39, 0.29) is 11.6 Å². The molecule has 1 heterocycles. The molecular formula is C21H25N3O3. The third-order valence-electron chi connectivity index (χ3n) is 4.82. The fourth-order valence-electron chi connectivity index (χ4n) is 3.31. The van der Waals surface area contributed by atoms with Crippen LogP contribution in [0.15, 0.2) is 54.6 Å². The van der Waals surface area contributed by atoms with Crippen LogP contribution in [0.3, 0.4) is 0 Å². The zero-order chi connectivity index (χ0) is 19.1. The minimum Gasteiger partial charge on any atom is -0.478 e. The highest BCUT2D eigenvalue weighted by atomic mass is 16.4. The number of carboxylic acids is 1. The molecule has 1 unspecified atom stereocenters. The number of nitrogens with zero attached hydrogens (tertiary/aromatic N) is 1. The molecule has 6 nitrogen and oxygen atoms in total. The van der Waals surface area contributed by atoms with E-state index in [9.17, 15) is 9.59 Å². The van der Waals surface area contributed by atoms with Crippen LogP contribution in [0.4, 0.5) is 4.79 Å². The van der Waals surface area contributed by atoms with Crippen LogP contribution in [0.5, 0.6) is 0 Å². The van der Waals surface area contributed by atoms with Gasteiger partial charge in [-0.15, -0.1) is 0 Å². The van der Waals surface area contributed by atoms with Gasteiger partial charge in [0.25, 0.3) is 0 Å². The van der Waals surface area contributed by atoms with Crippen LogP contribution in [0.2, 0.25) is 0 Å². The molecule has 1 saturated heterocycles. The third-order valence-corrected chi connectivity index (χ3v) is 4.82. The van der Waals surface area contributed by atoms with Gasteiger partial charge in [-0.3, -0.25) is 4.90 Å². The number of hydrogen-bond donors (Lipinski definition) is 3. The Morgan fingerprint density at radius 1 is 1.00 bits per heavy atom. The molecule has 2 amide bonds. The molecular weight excluding hydrogens is 342 g/mol. The fourth-order valence-corrected chi connectivity index (χ4v) is 3.31. The topological polar surface area (TPSA) is 81.7 Å². The van der Waals surface area contributed by atoms with E-state index in [0.29, 0.717) is 19.0 Å². The molecule has 1 aliphatic rings. The number of hydrogen-bond acceptors (Lipinski definition) is 3. The zero-order valence-corrected chi connectivity index (χ0v) is 15.2. The maximum Gasteiger partial charge on any atom is 0.335 e. The Hall–Kier alpha value is -2.86. The van der Waals surface area contributed by atoms with Gasteiger partial charge in [0.1, 0.15) is 0 Å². The first-order valence-corrected chi connectivity index (χ1v) is 9.20. The number of benzene rings is 2. The summed E-state index contributed by atoms with van der Waals surface area (Å²) in [5.41, 5.74) is 2.42. The van der Waals surface area contributed by atoms with Gasteiger partial charge in [-0.1, -0.05) is 42.5 Å². The molecule has 1 fully saturated rings. The highest BCUT2D eigenvalue weighted by molar-refractivity contribution is 5.87. The SMILES string of the molecule is O=C(NCc1ccc(C(=O)O)cc1)NCC1CCN(Cc2ccccc2)C1. The van der Waals surface area contributed by atoms with Gasteiger partial charge in [-0.05, 0) is 42.1 Å². The predicted octanol–water partition coefficient (Wildman–Crippen LogP) is 2.71. The molecule has 6 heteroatoms. The van der Waals surface area contributed by atoms with E-state index in [0.717, 1.165) is 31.6 Å². The Labute approximate surface area is 159 Å². The lowest BCUT2D eigenvalue weighted by molar-refractivity contribution is 0.0697. The second-order valence-corrected chi connectivity index (χ2v) is 6.94. The number of likely N-dealkylation sites (tertiary alicyclic amines) is 1. The molecule has 3 N–H and O–H groups in total. The third kappa shape index (κ3) is 5.82. The Kier molecular flexibility index (Phi) is 6.44. The smallest absolute Gasteiger partial charge is 0.335 e. The first-order chi connectivity index (χ1) is 13.1. The first-order valence-electron chi connectivity index (χ1n) is 9.20. The minimum absolute atomic E-state index is 0.196. The number of carboxylic acid groups (broad SMARTS) is 1. The number of rotatable bonds is 7. The number of aromatic carboxylic acids is 1. The Balaban J connectivity index is 1.35. The van der Waals surface area contributed by atoms with Crippen molar-refractivity contribution in [2.45, 2.75) is 19.5 Å². The summed E-state index contributed by atoms with van der Waals surface area (Å²) >= 11 is 0. The number of nitrogens with one attached hydrogen (secondary N) is 2. The van der Waals surface area contributed by atoms with E-state index in [4.69, 9.17) is 5.11 Å². The minimum atomic E-state index is -0.954. The molecule has 3 rings (SSSR count). The number of carbonyl (C=O) groups is 2. The fraction of sp³-hybridized carbons (Fsp3) is 0.333. The van der Waals surface area contributed by atoms with Crippen molar-refractivity contribution in [3.63, 3.8) is 0 Å². The van der Waals surface area contributed by atoms with Gasteiger partial charge in [0.15, 0.2) is 0 Å². The average Bonchev–Trinajstić information content (AvgIpc) is 3.13. The summed E-state index contributed by atoms with van der Waals surface area (Å²) in [4.78, 5) is 25.2. The molecule has 0 aromatic heterocycles. The first kappa shape index (κ1) is 18.9. The van der Waals surface area contributed by atoms with Gasteiger partial charge in [0.05, 0.1) is 5.56 Å². The predicted molar refractivity (Wildman–Crippen MR) is 103 cm³/mol. The molecule has 2 aromatic carbocycles. The van der Waals surface area contributed by atoms with Crippen molar-refractivity contribution >= 4 is 12.0 Å². The van der Waals surface area contributed by atoms with Gasteiger partial charge in [-0.2, -0.15) is 0 Å². The summed E-state index contributed by atoms with van der Waals surface area (Å²) in [5, 5.41) is 14.6. The molecule has 1 aliphatic heterocycles. The highest BCUT2D eigenvalue weighted by Crippen LogP contribution is 2.18. The van der Waals surface area contributed by atoms with E-state index < -0.39 is 5.97 Å². The molecule has 2 aromatic rings. The zero-order valence-electron chi connectivity index (χ0n) is 15.2. The van der Waals surface area contributed by atoms with Gasteiger partial charge in [0.2, 0.25) is 0 Å². The largest absolute Gasteiger partial charge is 0.478 e. The van der Waals surface area contributed by atoms with Crippen LogP contribution >= 0.6 is 0 Å². The van der Waals surface area contributed by atoms with Crippen molar-refractivity contribution in [1.82, 2.24) is 15.5 Å². The van der Waals surface area contributed by atoms with Crippen molar-refractivity contribution in [3.8, 4) is 0 Å². The van der Waals surface area contributed by atoms with Gasteiger partial charge < -0.3 is 15.7 Å². The second-order valence-electron chi connectivity index (χ2n) is 6.94. The summed E-state index contributed by atoms with van der Waals surface area (Å²) in [5.74, 6) is -0.487. The standard InChI is InChI=1S/C21H25N3O3/c25-20(26)19-8-6-16(7-9-19)12-22-21(27)23-13-18-10-11-24(15-18)14-17-4-2-1-3-5-17/h1-9,18H,10-15H2,(H,25,26)(H2,22,23,27). The quantitative estimate of drug-likeness (QED) is 0.703. The molecule has 0 spiro atoms. The van der Waals surface area contributed by atoms with Gasteiger partial charge >= 0.3 is 12.0 Å². The van der Waals surface area contributed by atoms with E-state index in [2.05, 4.69) is 39.8 Å². The van der Waals surface area contributed by atoms with Crippen molar-refractivity contribution in [1.29, 1.82) is 0 Å². The van der Waals surface area contributed by atoms with Gasteiger partial charge in [-0.25, -0.2) is 9.59 Å². The van der Waals surface area contributed by atoms with Gasteiger partial charge in [0, 0.05) is 26.2 Å². The lowest BCUT2D eigenvalue weighted by atomic mass is 10.1. The molecule has 27 heavy (non-hydrogen) atoms. The summed E-state index contributed by atoms with van der Waals surface area (Å²) in [6.45, 7) is 4.03. The molecule has 0 aliphatic carbocycles. The monoisotopic (exact) mass is 367 g/mol. The molecule has 0 bridgehead atoms. The molecule has 142 valence electrons. The summed E-state index contributed by atoms with van der Waals surface area (Å²) < 4.78 is 0. The number of urea groups is 1. The van der Waals surface area contributed by atoms with Crippen LogP contribution in [-0.4, -0.2) is 41.6 Å². The van der Waals surface area contributed by atoms with E-state index in [1.54, 1.807) is 12.1 Å². The number of amides is 2. The lowest BCUT2D eigenvalue weighted by Crippen LogP contribution is -2.38. The maximum absolute atomic E-state index is 12.0. The number of carbonyl (C=O) groups excluding carboxylic acids is 1. The maximum atomic E-state index is 12.0. The van der Waals surface area contributed by atoms with Crippen molar-refractivity contribution in [2.24, 2.45) is 5.92 Å². The van der Waals surface area contributed by atoms with Crippen molar-refractivity contribution < 1.29 is 14.7 Å². The molecule has 1 atom stereocenters. The van der Waals surface area contributed by atoms with Crippen LogP contribution < -0.4 is 10.6 Å². The van der Waals surface area contributed by atoms with Crippen molar-refractivity contribution in [3.05, 3.63) is 71.3 Å². The Morgan fingerprint density at radius 3 is 2.44 bits per heavy atom. The lowest BCUT2D eigenvalue weighted by Gasteiger charge is -2.16. The van der Waals surface area contributed by atoms with Crippen molar-refractivity contribution in [2.75, 3.05) is 19.6 Å². The van der Waals surface area contributed by atoms with Crippen LogP contribution in [0.25, 0.3) is 0 Å². The summed E-state index contributed by atoms with van der Waals surface area (Å²) in [7, 11) is 0. The highest BCUT2D eigenvalue weighted by Gasteiger charge is 2.22. The summed E-state index contributed by atoms with van der Waals surface area (Å²) in [6.07, 6.45) is 1.09. The Morgan fingerprint density at radius 2 is 1.74 bits per heavy atom. The molecule has 0 radical (unpaired) electrons. The Bertz CT molecular complexity index is 762.